The van der Waals surface area contributed by atoms with E-state index in [1.807, 2.05) is 30.2 Å². The molecule has 1 rings (SSSR count). The Labute approximate surface area is 66.7 Å². The Morgan fingerprint density at radius 3 is 3.00 bits per heavy atom. The first-order valence-electron chi connectivity index (χ1n) is 3.12. The number of allylic oxidation sites excluding steroid dienone is 4. The molecular weight excluding hydrogens is 144 g/mol. The van der Waals surface area contributed by atoms with Crippen LogP contribution in [-0.4, -0.2) is 18.1 Å². The van der Waals surface area contributed by atoms with Crippen LogP contribution in [0.5, 0.6) is 0 Å². The van der Waals surface area contributed by atoms with Gasteiger partial charge in [-0.3, -0.25) is 0 Å². The van der Waals surface area contributed by atoms with Gasteiger partial charge in [0.15, 0.2) is 0 Å². The standard InChI is InChI=1S/C7H9BClN/c1-3-7-5-4-6-10(2)8(7)9/h3-6H,1H2,2H3. The molecule has 0 radical (unpaired) electrons. The molecular formula is C7H9BClN. The van der Waals surface area contributed by atoms with Crippen LogP contribution < -0.4 is 0 Å². The van der Waals surface area contributed by atoms with Gasteiger partial charge in [-0.05, 0) is 24.8 Å². The van der Waals surface area contributed by atoms with E-state index in [1.54, 1.807) is 6.08 Å². The first-order chi connectivity index (χ1) is 4.75. The Balaban J connectivity index is 2.81. The van der Waals surface area contributed by atoms with Crippen molar-refractivity contribution in [3.8, 4) is 0 Å². The zero-order valence-corrected chi connectivity index (χ0v) is 6.67. The highest BCUT2D eigenvalue weighted by molar-refractivity contribution is 7.09. The molecule has 0 aromatic heterocycles. The first kappa shape index (κ1) is 7.48. The largest absolute Gasteiger partial charge is 0.406 e. The van der Waals surface area contributed by atoms with Gasteiger partial charge < -0.3 is 4.81 Å². The van der Waals surface area contributed by atoms with Gasteiger partial charge in [0.25, 0.3) is 0 Å². The number of hydrogen-bond acceptors (Lipinski definition) is 1. The predicted molar refractivity (Wildman–Crippen MR) is 46.8 cm³/mol. The molecule has 0 spiro atoms. The van der Waals surface area contributed by atoms with Crippen molar-refractivity contribution in [3.05, 3.63) is 36.5 Å². The van der Waals surface area contributed by atoms with Crippen molar-refractivity contribution in [1.29, 1.82) is 0 Å². The Bertz CT molecular complexity index is 198. The van der Waals surface area contributed by atoms with Crippen LogP contribution in [0.15, 0.2) is 36.5 Å². The van der Waals surface area contributed by atoms with Crippen molar-refractivity contribution in [2.75, 3.05) is 7.05 Å². The van der Waals surface area contributed by atoms with E-state index in [-0.39, 0.29) is 6.26 Å². The van der Waals surface area contributed by atoms with E-state index in [4.69, 9.17) is 11.5 Å². The van der Waals surface area contributed by atoms with Crippen LogP contribution in [0.2, 0.25) is 0 Å². The van der Waals surface area contributed by atoms with Gasteiger partial charge in [-0.2, -0.15) is 11.5 Å². The smallest absolute Gasteiger partial charge is 0.394 e. The monoisotopic (exact) mass is 153 g/mol. The maximum absolute atomic E-state index is 5.97. The van der Waals surface area contributed by atoms with Gasteiger partial charge in [-0.1, -0.05) is 18.7 Å². The van der Waals surface area contributed by atoms with Crippen LogP contribution in [-0.2, 0) is 0 Å². The predicted octanol–water partition coefficient (Wildman–Crippen LogP) is 1.82. The van der Waals surface area contributed by atoms with E-state index in [0.29, 0.717) is 0 Å². The molecule has 3 heteroatoms. The molecule has 0 saturated heterocycles. The summed E-state index contributed by atoms with van der Waals surface area (Å²) in [7, 11) is 1.94. The molecule has 1 aliphatic rings. The Kier molecular flexibility index (Phi) is 2.23. The summed E-state index contributed by atoms with van der Waals surface area (Å²) in [6.45, 7) is 3.66. The van der Waals surface area contributed by atoms with E-state index in [9.17, 15) is 0 Å². The second kappa shape index (κ2) is 2.97. The van der Waals surface area contributed by atoms with Crippen molar-refractivity contribution >= 4 is 17.7 Å². The molecule has 0 aromatic carbocycles. The molecule has 0 amide bonds. The van der Waals surface area contributed by atoms with Gasteiger partial charge in [0.2, 0.25) is 0 Å². The van der Waals surface area contributed by atoms with Crippen molar-refractivity contribution in [2.45, 2.75) is 0 Å². The Hall–Kier alpha value is -0.625. The summed E-state index contributed by atoms with van der Waals surface area (Å²) in [6, 6.07) is 0. The highest BCUT2D eigenvalue weighted by Gasteiger charge is 2.19. The molecule has 1 aliphatic heterocycles. The lowest BCUT2D eigenvalue weighted by Gasteiger charge is -2.21. The average Bonchev–Trinajstić information content (AvgIpc) is 1.95. The van der Waals surface area contributed by atoms with Crippen molar-refractivity contribution in [1.82, 2.24) is 4.81 Å². The molecule has 10 heavy (non-hydrogen) atoms. The third kappa shape index (κ3) is 1.27. The molecule has 0 atom stereocenters. The quantitative estimate of drug-likeness (QED) is 0.520. The summed E-state index contributed by atoms with van der Waals surface area (Å²) in [5.74, 6) is 0. The van der Waals surface area contributed by atoms with Crippen molar-refractivity contribution in [3.63, 3.8) is 0 Å². The van der Waals surface area contributed by atoms with Gasteiger partial charge in [0.05, 0.1) is 0 Å². The fraction of sp³-hybridized carbons (Fsp3) is 0.143. The van der Waals surface area contributed by atoms with Crippen LogP contribution in [0.4, 0.5) is 0 Å². The van der Waals surface area contributed by atoms with E-state index in [0.717, 1.165) is 5.47 Å². The molecule has 0 saturated carbocycles. The summed E-state index contributed by atoms with van der Waals surface area (Å²) in [4.78, 5) is 1.93. The summed E-state index contributed by atoms with van der Waals surface area (Å²) in [5.41, 5.74) is 1.05. The summed E-state index contributed by atoms with van der Waals surface area (Å²) in [5, 5.41) is 0. The van der Waals surface area contributed by atoms with Crippen molar-refractivity contribution < 1.29 is 0 Å². The zero-order chi connectivity index (χ0) is 7.56. The van der Waals surface area contributed by atoms with Crippen LogP contribution in [0.1, 0.15) is 0 Å². The fourth-order valence-corrected chi connectivity index (χ4v) is 1.07. The van der Waals surface area contributed by atoms with Crippen LogP contribution in [0, 0.1) is 0 Å². The van der Waals surface area contributed by atoms with Gasteiger partial charge in [-0.25, -0.2) is 0 Å². The molecule has 0 aliphatic carbocycles. The lowest BCUT2D eigenvalue weighted by molar-refractivity contribution is 0.725. The highest BCUT2D eigenvalue weighted by Crippen LogP contribution is 2.14. The summed E-state index contributed by atoms with van der Waals surface area (Å²) in [6.07, 6.45) is 7.57. The number of nitrogens with zero attached hydrogens (tertiary/aromatic N) is 1. The van der Waals surface area contributed by atoms with E-state index >= 15 is 0 Å². The lowest BCUT2D eigenvalue weighted by atomic mass is 9.76. The number of rotatable bonds is 1. The minimum atomic E-state index is -0.0532. The minimum absolute atomic E-state index is 0.0532. The molecule has 52 valence electrons. The third-order valence-electron chi connectivity index (χ3n) is 1.48. The van der Waals surface area contributed by atoms with E-state index in [1.165, 1.54) is 0 Å². The minimum Gasteiger partial charge on any atom is -0.406 e. The molecule has 0 fully saturated rings. The lowest BCUT2D eigenvalue weighted by Crippen LogP contribution is -2.29. The van der Waals surface area contributed by atoms with Crippen LogP contribution >= 0.6 is 11.5 Å². The number of halogens is 1. The summed E-state index contributed by atoms with van der Waals surface area (Å²) < 4.78 is 0. The first-order valence-corrected chi connectivity index (χ1v) is 3.56. The highest BCUT2D eigenvalue weighted by atomic mass is 35.5. The Morgan fingerprint density at radius 1 is 1.80 bits per heavy atom. The maximum atomic E-state index is 5.97. The molecule has 0 bridgehead atoms. The van der Waals surface area contributed by atoms with Gasteiger partial charge in [-0.15, -0.1) is 0 Å². The zero-order valence-electron chi connectivity index (χ0n) is 5.92. The SMILES string of the molecule is C=CC1=CC=CN(C)B1Cl. The molecule has 0 unspecified atom stereocenters. The number of hydrogen-bond donors (Lipinski definition) is 0. The second-order valence-electron chi connectivity index (χ2n) is 2.21. The molecule has 1 nitrogen and oxygen atoms in total. The summed E-state index contributed by atoms with van der Waals surface area (Å²) >= 11 is 5.97. The third-order valence-corrected chi connectivity index (χ3v) is 2.04. The van der Waals surface area contributed by atoms with E-state index in [2.05, 4.69) is 6.58 Å². The topological polar surface area (TPSA) is 3.24 Å². The maximum Gasteiger partial charge on any atom is 0.394 e. The average molecular weight is 153 g/mol. The second-order valence-corrected chi connectivity index (χ2v) is 2.63. The van der Waals surface area contributed by atoms with Gasteiger partial charge in [0.1, 0.15) is 0 Å². The normalized spacial score (nSPS) is 17.2. The van der Waals surface area contributed by atoms with Crippen LogP contribution in [0.3, 0.4) is 0 Å². The van der Waals surface area contributed by atoms with E-state index < -0.39 is 0 Å². The van der Waals surface area contributed by atoms with Crippen LogP contribution in [0.25, 0.3) is 0 Å². The molecule has 0 N–H and O–H groups in total. The Morgan fingerprint density at radius 2 is 2.50 bits per heavy atom. The fourth-order valence-electron chi connectivity index (χ4n) is 0.845. The molecule has 1 heterocycles. The molecule has 0 aromatic rings. The van der Waals surface area contributed by atoms with Gasteiger partial charge >= 0.3 is 6.26 Å². The van der Waals surface area contributed by atoms with Crippen molar-refractivity contribution in [2.24, 2.45) is 0 Å². The van der Waals surface area contributed by atoms with Gasteiger partial charge in [0, 0.05) is 0 Å².